The van der Waals surface area contributed by atoms with Crippen LogP contribution in [0.1, 0.15) is 31.4 Å². The standard InChI is InChI=1S/C23H36N4O4S2/c1-14(2)19(26-21(28)17(24)13-32)12-27-11-16-7-5-4-6-15(16)10-20(27)22(29)25-18(23(30)31)8-9-33-3/h4-7,14,17-20,32H,8-13,24H2,1-3H3,(H,25,29)(H,26,28)(H,30,31)/t17-,18-,19+,20-/m0/s1. The van der Waals surface area contributed by atoms with E-state index in [9.17, 15) is 19.5 Å². The highest BCUT2D eigenvalue weighted by molar-refractivity contribution is 7.98. The molecule has 0 aliphatic carbocycles. The molecule has 0 saturated carbocycles. The molecule has 8 nitrogen and oxygen atoms in total. The van der Waals surface area contributed by atoms with E-state index in [2.05, 4.69) is 23.3 Å². The highest BCUT2D eigenvalue weighted by Gasteiger charge is 2.35. The number of rotatable bonds is 12. The van der Waals surface area contributed by atoms with Crippen LogP contribution in [-0.4, -0.2) is 76.3 Å². The van der Waals surface area contributed by atoms with E-state index in [0.29, 0.717) is 31.7 Å². The molecular weight excluding hydrogens is 460 g/mol. The van der Waals surface area contributed by atoms with E-state index < -0.39 is 24.1 Å². The Morgan fingerprint density at radius 1 is 1.24 bits per heavy atom. The third-order valence-electron chi connectivity index (χ3n) is 5.97. The average Bonchev–Trinajstić information content (AvgIpc) is 2.79. The van der Waals surface area contributed by atoms with E-state index >= 15 is 0 Å². The molecule has 33 heavy (non-hydrogen) atoms. The summed E-state index contributed by atoms with van der Waals surface area (Å²) in [7, 11) is 0. The van der Waals surface area contributed by atoms with Crippen molar-refractivity contribution in [1.82, 2.24) is 15.5 Å². The van der Waals surface area contributed by atoms with Crippen molar-refractivity contribution in [2.24, 2.45) is 11.7 Å². The van der Waals surface area contributed by atoms with Gasteiger partial charge in [0.1, 0.15) is 6.04 Å². The summed E-state index contributed by atoms with van der Waals surface area (Å²) in [6.45, 7) is 4.99. The Balaban J connectivity index is 2.24. The van der Waals surface area contributed by atoms with Crippen LogP contribution in [0.2, 0.25) is 0 Å². The highest BCUT2D eigenvalue weighted by Crippen LogP contribution is 2.25. The van der Waals surface area contributed by atoms with Gasteiger partial charge >= 0.3 is 5.97 Å². The number of nitrogens with one attached hydrogen (secondary N) is 2. The quantitative estimate of drug-likeness (QED) is 0.275. The van der Waals surface area contributed by atoms with Crippen molar-refractivity contribution in [3.8, 4) is 0 Å². The number of nitrogens with zero attached hydrogens (tertiary/aromatic N) is 1. The molecule has 1 aliphatic heterocycles. The number of fused-ring (bicyclic) bond motifs is 1. The number of carbonyl (C=O) groups excluding carboxylic acids is 2. The fourth-order valence-corrected chi connectivity index (χ4v) is 4.47. The molecule has 1 aromatic rings. The van der Waals surface area contributed by atoms with Crippen molar-refractivity contribution in [3.05, 3.63) is 35.4 Å². The van der Waals surface area contributed by atoms with Crippen LogP contribution in [0.4, 0.5) is 0 Å². The minimum atomic E-state index is -1.03. The largest absolute Gasteiger partial charge is 0.480 e. The van der Waals surface area contributed by atoms with E-state index in [1.807, 2.05) is 49.3 Å². The molecule has 0 bridgehead atoms. The zero-order chi connectivity index (χ0) is 24.5. The van der Waals surface area contributed by atoms with Crippen LogP contribution in [0, 0.1) is 5.92 Å². The maximum atomic E-state index is 13.3. The van der Waals surface area contributed by atoms with Gasteiger partial charge in [-0.3, -0.25) is 14.5 Å². The summed E-state index contributed by atoms with van der Waals surface area (Å²) in [5, 5.41) is 15.3. The Morgan fingerprint density at radius 2 is 1.91 bits per heavy atom. The van der Waals surface area contributed by atoms with Gasteiger partial charge in [0.2, 0.25) is 11.8 Å². The second-order valence-corrected chi connectivity index (χ2v) is 10.1. The van der Waals surface area contributed by atoms with Crippen LogP contribution in [-0.2, 0) is 27.3 Å². The molecule has 0 saturated heterocycles. The molecule has 0 aromatic heterocycles. The molecule has 0 spiro atoms. The number of hydrogen-bond acceptors (Lipinski definition) is 7. The summed E-state index contributed by atoms with van der Waals surface area (Å²) < 4.78 is 0. The molecule has 10 heteroatoms. The number of aliphatic carboxylic acids is 1. The van der Waals surface area contributed by atoms with E-state index in [1.165, 1.54) is 0 Å². The van der Waals surface area contributed by atoms with Gasteiger partial charge in [0.25, 0.3) is 0 Å². The third kappa shape index (κ3) is 7.91. The summed E-state index contributed by atoms with van der Waals surface area (Å²) in [6.07, 6.45) is 2.74. The Kier molecular flexibility index (Phi) is 11.0. The Labute approximate surface area is 205 Å². The van der Waals surface area contributed by atoms with Crippen molar-refractivity contribution in [2.45, 2.75) is 57.4 Å². The number of amides is 2. The number of hydrogen-bond donors (Lipinski definition) is 5. The van der Waals surface area contributed by atoms with Gasteiger partial charge in [0.15, 0.2) is 0 Å². The summed E-state index contributed by atoms with van der Waals surface area (Å²) >= 11 is 5.65. The fraction of sp³-hybridized carbons (Fsp3) is 0.609. The molecule has 0 fully saturated rings. The lowest BCUT2D eigenvalue weighted by Gasteiger charge is -2.39. The van der Waals surface area contributed by atoms with Gasteiger partial charge in [-0.05, 0) is 41.9 Å². The van der Waals surface area contributed by atoms with Crippen LogP contribution in [0.3, 0.4) is 0 Å². The summed E-state index contributed by atoms with van der Waals surface area (Å²) in [6, 6.07) is 5.55. The smallest absolute Gasteiger partial charge is 0.326 e. The first-order chi connectivity index (χ1) is 15.7. The predicted octanol–water partition coefficient (Wildman–Crippen LogP) is 1.13. The number of benzene rings is 1. The molecule has 1 aliphatic rings. The van der Waals surface area contributed by atoms with E-state index in [-0.39, 0.29) is 29.5 Å². The van der Waals surface area contributed by atoms with Gasteiger partial charge in [0.05, 0.1) is 12.1 Å². The SMILES string of the molecule is CSCC[C@H](NC(=O)[C@@H]1Cc2ccccc2CN1C[C@@H](NC(=O)[C@@H](N)CS)C(C)C)C(=O)O. The number of thiol groups is 1. The number of carboxylic acid groups (broad SMARTS) is 1. The first-order valence-corrected chi connectivity index (χ1v) is 13.2. The maximum Gasteiger partial charge on any atom is 0.326 e. The molecular formula is C23H36N4O4S2. The van der Waals surface area contributed by atoms with Gasteiger partial charge < -0.3 is 21.5 Å². The van der Waals surface area contributed by atoms with Gasteiger partial charge in [-0.1, -0.05) is 38.1 Å². The molecule has 1 heterocycles. The Morgan fingerprint density at radius 3 is 2.48 bits per heavy atom. The lowest BCUT2D eigenvalue weighted by Crippen LogP contribution is -2.58. The zero-order valence-corrected chi connectivity index (χ0v) is 21.2. The van der Waals surface area contributed by atoms with Crippen molar-refractivity contribution in [1.29, 1.82) is 0 Å². The van der Waals surface area contributed by atoms with E-state index in [1.54, 1.807) is 11.8 Å². The van der Waals surface area contributed by atoms with Crippen LogP contribution < -0.4 is 16.4 Å². The lowest BCUT2D eigenvalue weighted by molar-refractivity contribution is -0.143. The molecule has 4 atom stereocenters. The topological polar surface area (TPSA) is 125 Å². The van der Waals surface area contributed by atoms with E-state index in [4.69, 9.17) is 5.73 Å². The molecule has 1 aromatic carbocycles. The monoisotopic (exact) mass is 496 g/mol. The minimum absolute atomic E-state index is 0.107. The van der Waals surface area contributed by atoms with Crippen LogP contribution in [0.5, 0.6) is 0 Å². The normalized spacial score (nSPS) is 18.8. The molecule has 0 radical (unpaired) electrons. The molecule has 184 valence electrons. The molecule has 2 amide bonds. The molecule has 5 N–H and O–H groups in total. The number of nitrogens with two attached hydrogens (primary N) is 1. The summed E-state index contributed by atoms with van der Waals surface area (Å²) in [5.74, 6) is -0.625. The fourth-order valence-electron chi connectivity index (χ4n) is 3.84. The van der Waals surface area contributed by atoms with Crippen molar-refractivity contribution in [2.75, 3.05) is 24.3 Å². The Bertz CT molecular complexity index is 823. The second-order valence-electron chi connectivity index (χ2n) is 8.75. The number of thioether (sulfide) groups is 1. The molecule has 0 unspecified atom stereocenters. The van der Waals surface area contributed by atoms with Gasteiger partial charge in [-0.25, -0.2) is 4.79 Å². The first kappa shape index (κ1) is 27.5. The van der Waals surface area contributed by atoms with Crippen LogP contribution in [0.25, 0.3) is 0 Å². The van der Waals surface area contributed by atoms with Gasteiger partial charge in [-0.15, -0.1) is 0 Å². The lowest BCUT2D eigenvalue weighted by atomic mass is 9.91. The first-order valence-electron chi connectivity index (χ1n) is 11.2. The second kappa shape index (κ2) is 13.2. The van der Waals surface area contributed by atoms with Crippen LogP contribution in [0.15, 0.2) is 24.3 Å². The van der Waals surface area contributed by atoms with Crippen molar-refractivity contribution < 1.29 is 19.5 Å². The van der Waals surface area contributed by atoms with Crippen molar-refractivity contribution >= 4 is 42.2 Å². The maximum absolute atomic E-state index is 13.3. The Hall–Kier alpha value is -1.75. The predicted molar refractivity (Wildman–Crippen MR) is 136 cm³/mol. The van der Waals surface area contributed by atoms with Crippen LogP contribution >= 0.6 is 24.4 Å². The van der Waals surface area contributed by atoms with Gasteiger partial charge in [0, 0.05) is 24.9 Å². The summed E-state index contributed by atoms with van der Waals surface area (Å²) in [4.78, 5) is 39.4. The summed E-state index contributed by atoms with van der Waals surface area (Å²) in [5.41, 5.74) is 8.04. The van der Waals surface area contributed by atoms with E-state index in [0.717, 1.165) is 11.1 Å². The van der Waals surface area contributed by atoms with Gasteiger partial charge in [-0.2, -0.15) is 24.4 Å². The molecule has 2 rings (SSSR count). The number of carboxylic acids is 1. The van der Waals surface area contributed by atoms with Crippen molar-refractivity contribution in [3.63, 3.8) is 0 Å². The third-order valence-corrected chi connectivity index (χ3v) is 7.01. The highest BCUT2D eigenvalue weighted by atomic mass is 32.2. The average molecular weight is 497 g/mol. The number of carbonyl (C=O) groups is 3. The minimum Gasteiger partial charge on any atom is -0.480 e. The zero-order valence-electron chi connectivity index (χ0n) is 19.5.